The summed E-state index contributed by atoms with van der Waals surface area (Å²) in [5.74, 6) is -2.46. The van der Waals surface area contributed by atoms with Crippen molar-refractivity contribution in [2.24, 2.45) is 4.36 Å². The van der Waals surface area contributed by atoms with Gasteiger partial charge in [0.2, 0.25) is 5.82 Å². The minimum Gasteiger partial charge on any atom is -0.329 e. The van der Waals surface area contributed by atoms with Crippen LogP contribution in [0.25, 0.3) is 11.4 Å². The van der Waals surface area contributed by atoms with E-state index in [4.69, 9.17) is 11.6 Å². The Morgan fingerprint density at radius 1 is 1.10 bits per heavy atom. The fourth-order valence-electron chi connectivity index (χ4n) is 2.45. The van der Waals surface area contributed by atoms with Crippen molar-refractivity contribution in [3.05, 3.63) is 65.0 Å². The molecule has 3 rings (SSSR count). The van der Waals surface area contributed by atoms with Crippen molar-refractivity contribution >= 4 is 27.2 Å². The Morgan fingerprint density at radius 3 is 2.20 bits per heavy atom. The second kappa shape index (κ2) is 8.19. The first-order valence-electron chi connectivity index (χ1n) is 8.58. The normalized spacial score (nSPS) is 13.8. The molecule has 1 aromatic heterocycles. The first kappa shape index (κ1) is 22.0. The standard InChI is InChI=1S/C19H15ClF3N3O3S/c1-11(2)30(28,15-9-7-14(20)8-10-15)26-17(27)13-5-3-12(4-6-13)16-24-18(29-25-16)19(21,22)23/h3-11H,1-2H3. The average molecular weight is 458 g/mol. The molecule has 0 aliphatic carbocycles. The molecule has 0 bridgehead atoms. The van der Waals surface area contributed by atoms with Gasteiger partial charge in [-0.15, -0.1) is 0 Å². The van der Waals surface area contributed by atoms with Crippen LogP contribution in [0.2, 0.25) is 5.02 Å². The van der Waals surface area contributed by atoms with Gasteiger partial charge in [-0.05, 0) is 50.2 Å². The van der Waals surface area contributed by atoms with E-state index < -0.39 is 33.0 Å². The molecule has 0 aliphatic rings. The molecule has 0 saturated heterocycles. The van der Waals surface area contributed by atoms with Crippen molar-refractivity contribution < 1.29 is 26.7 Å². The summed E-state index contributed by atoms with van der Waals surface area (Å²) in [5, 5.41) is 3.29. The van der Waals surface area contributed by atoms with Gasteiger partial charge in [-0.1, -0.05) is 28.9 Å². The first-order valence-corrected chi connectivity index (χ1v) is 10.5. The maximum Gasteiger partial charge on any atom is 0.471 e. The minimum atomic E-state index is -4.75. The van der Waals surface area contributed by atoms with E-state index in [0.717, 1.165) is 0 Å². The zero-order valence-electron chi connectivity index (χ0n) is 15.7. The number of carbonyl (C=O) groups excluding carboxylic acids is 1. The van der Waals surface area contributed by atoms with Gasteiger partial charge in [-0.25, -0.2) is 4.21 Å². The Morgan fingerprint density at radius 2 is 1.70 bits per heavy atom. The van der Waals surface area contributed by atoms with Crippen LogP contribution in [0.15, 0.2) is 62.3 Å². The number of rotatable bonds is 4. The van der Waals surface area contributed by atoms with Crippen LogP contribution >= 0.6 is 11.6 Å². The zero-order chi connectivity index (χ0) is 22.1. The largest absolute Gasteiger partial charge is 0.471 e. The van der Waals surface area contributed by atoms with E-state index in [1.807, 2.05) is 0 Å². The van der Waals surface area contributed by atoms with Crippen LogP contribution in [0.5, 0.6) is 0 Å². The molecule has 30 heavy (non-hydrogen) atoms. The minimum absolute atomic E-state index is 0.112. The molecule has 0 fully saturated rings. The number of aromatic nitrogens is 2. The van der Waals surface area contributed by atoms with Gasteiger partial charge >= 0.3 is 12.1 Å². The molecular weight excluding hydrogens is 443 g/mol. The van der Waals surface area contributed by atoms with E-state index >= 15 is 0 Å². The van der Waals surface area contributed by atoms with Gasteiger partial charge in [-0.2, -0.15) is 22.5 Å². The Hall–Kier alpha value is -2.72. The predicted molar refractivity (Wildman–Crippen MR) is 104 cm³/mol. The number of hydrogen-bond acceptors (Lipinski definition) is 5. The number of halogens is 4. The summed E-state index contributed by atoms with van der Waals surface area (Å²) in [6.45, 7) is 3.37. The molecule has 1 unspecified atom stereocenters. The summed E-state index contributed by atoms with van der Waals surface area (Å²) >= 11 is 5.87. The lowest BCUT2D eigenvalue weighted by atomic mass is 10.1. The van der Waals surface area contributed by atoms with Crippen molar-refractivity contribution in [3.8, 4) is 11.4 Å². The number of amides is 1. The molecule has 3 aromatic rings. The van der Waals surface area contributed by atoms with Crippen molar-refractivity contribution in [1.29, 1.82) is 0 Å². The molecule has 1 atom stereocenters. The Kier molecular flexibility index (Phi) is 6.00. The summed E-state index contributed by atoms with van der Waals surface area (Å²) in [4.78, 5) is 16.3. The summed E-state index contributed by atoms with van der Waals surface area (Å²) in [5.41, 5.74) is 0.328. The molecule has 1 amide bonds. The highest BCUT2D eigenvalue weighted by molar-refractivity contribution is 7.94. The number of nitrogens with zero attached hydrogens (tertiary/aromatic N) is 3. The smallest absolute Gasteiger partial charge is 0.329 e. The number of carbonyl (C=O) groups is 1. The van der Waals surface area contributed by atoms with Gasteiger partial charge in [0, 0.05) is 26.3 Å². The van der Waals surface area contributed by atoms with Crippen LogP contribution in [-0.2, 0) is 15.9 Å². The van der Waals surface area contributed by atoms with E-state index in [1.165, 1.54) is 24.3 Å². The van der Waals surface area contributed by atoms with Crippen molar-refractivity contribution in [2.75, 3.05) is 0 Å². The zero-order valence-corrected chi connectivity index (χ0v) is 17.3. The van der Waals surface area contributed by atoms with Crippen molar-refractivity contribution in [2.45, 2.75) is 30.2 Å². The summed E-state index contributed by atoms with van der Waals surface area (Å²) in [6, 6.07) is 11.6. The van der Waals surface area contributed by atoms with Crippen LogP contribution in [0.3, 0.4) is 0 Å². The maximum atomic E-state index is 13.4. The third-order valence-electron chi connectivity index (χ3n) is 4.07. The second-order valence-electron chi connectivity index (χ2n) is 6.47. The lowest BCUT2D eigenvalue weighted by Gasteiger charge is -2.14. The summed E-state index contributed by atoms with van der Waals surface area (Å²) < 4.78 is 59.3. The second-order valence-corrected chi connectivity index (χ2v) is 9.64. The van der Waals surface area contributed by atoms with Crippen molar-refractivity contribution in [1.82, 2.24) is 10.1 Å². The summed E-state index contributed by atoms with van der Waals surface area (Å²) in [7, 11) is -3.07. The highest BCUT2D eigenvalue weighted by Crippen LogP contribution is 2.29. The summed E-state index contributed by atoms with van der Waals surface area (Å²) in [6.07, 6.45) is -4.75. The molecule has 158 valence electrons. The quantitative estimate of drug-likeness (QED) is 0.517. The molecule has 6 nitrogen and oxygen atoms in total. The Labute approximate surface area is 175 Å². The van der Waals surface area contributed by atoms with Crippen LogP contribution in [0.1, 0.15) is 30.1 Å². The molecule has 1 heterocycles. The fourth-order valence-corrected chi connectivity index (χ4v) is 4.32. The predicted octanol–water partition coefficient (Wildman–Crippen LogP) is 5.48. The fraction of sp³-hybridized carbons (Fsp3) is 0.211. The SMILES string of the molecule is CC(C)S(=O)(=NC(=O)c1ccc(-c2noc(C(F)(F)F)n2)cc1)c1ccc(Cl)cc1. The number of alkyl halides is 3. The van der Waals surface area contributed by atoms with E-state index in [9.17, 15) is 22.2 Å². The lowest BCUT2D eigenvalue weighted by Crippen LogP contribution is -2.16. The van der Waals surface area contributed by atoms with Crippen LogP contribution in [-0.4, -0.2) is 25.5 Å². The highest BCUT2D eigenvalue weighted by atomic mass is 35.5. The number of benzene rings is 2. The molecule has 0 saturated carbocycles. The van der Waals surface area contributed by atoms with Crippen LogP contribution in [0.4, 0.5) is 13.2 Å². The topological polar surface area (TPSA) is 85.4 Å². The molecule has 0 N–H and O–H groups in total. The average Bonchev–Trinajstić information content (AvgIpc) is 3.19. The number of hydrogen-bond donors (Lipinski definition) is 0. The van der Waals surface area contributed by atoms with Gasteiger partial charge in [0.25, 0.3) is 5.91 Å². The first-order chi connectivity index (χ1) is 14.0. The van der Waals surface area contributed by atoms with Crippen LogP contribution < -0.4 is 0 Å². The van der Waals surface area contributed by atoms with Crippen LogP contribution in [0, 0.1) is 0 Å². The van der Waals surface area contributed by atoms with E-state index in [-0.39, 0.29) is 17.0 Å². The molecule has 0 spiro atoms. The van der Waals surface area contributed by atoms with E-state index in [0.29, 0.717) is 9.92 Å². The van der Waals surface area contributed by atoms with E-state index in [2.05, 4.69) is 19.0 Å². The Bertz CT molecular complexity index is 1180. The molecule has 0 aliphatic heterocycles. The molecular formula is C19H15ClF3N3O3S. The highest BCUT2D eigenvalue weighted by Gasteiger charge is 2.38. The van der Waals surface area contributed by atoms with Gasteiger partial charge < -0.3 is 4.52 Å². The lowest BCUT2D eigenvalue weighted by molar-refractivity contribution is -0.159. The Balaban J connectivity index is 1.92. The monoisotopic (exact) mass is 457 g/mol. The molecule has 2 aromatic carbocycles. The maximum absolute atomic E-state index is 13.4. The third-order valence-corrected chi connectivity index (χ3v) is 6.98. The van der Waals surface area contributed by atoms with Crippen molar-refractivity contribution in [3.63, 3.8) is 0 Å². The van der Waals surface area contributed by atoms with Gasteiger partial charge in [0.1, 0.15) is 0 Å². The molecule has 0 radical (unpaired) electrons. The van der Waals surface area contributed by atoms with E-state index in [1.54, 1.807) is 38.1 Å². The molecule has 11 heteroatoms. The van der Waals surface area contributed by atoms with Gasteiger partial charge in [0.05, 0.1) is 9.73 Å². The third kappa shape index (κ3) is 4.54. The van der Waals surface area contributed by atoms with Gasteiger partial charge in [0.15, 0.2) is 0 Å². The van der Waals surface area contributed by atoms with Gasteiger partial charge in [-0.3, -0.25) is 4.79 Å².